The third-order valence-electron chi connectivity index (χ3n) is 4.63. The van der Waals surface area contributed by atoms with Crippen molar-refractivity contribution in [3.05, 3.63) is 58.7 Å². The molecule has 2 aromatic heterocycles. The first kappa shape index (κ1) is 17.3. The highest BCUT2D eigenvalue weighted by Crippen LogP contribution is 2.26. The van der Waals surface area contributed by atoms with Crippen LogP contribution in [0.5, 0.6) is 0 Å². The van der Waals surface area contributed by atoms with Crippen molar-refractivity contribution in [2.45, 2.75) is 12.6 Å². The number of nitrogens with zero attached hydrogens (tertiary/aromatic N) is 3. The predicted molar refractivity (Wildman–Crippen MR) is 108 cm³/mol. The van der Waals surface area contributed by atoms with Gasteiger partial charge >= 0.3 is 0 Å². The van der Waals surface area contributed by atoms with Crippen molar-refractivity contribution in [2.24, 2.45) is 0 Å². The highest BCUT2D eigenvalue weighted by atomic mass is 79.9. The van der Waals surface area contributed by atoms with Gasteiger partial charge in [-0.05, 0) is 65.3 Å². The van der Waals surface area contributed by atoms with Crippen molar-refractivity contribution in [1.82, 2.24) is 14.9 Å². The lowest BCUT2D eigenvalue weighted by Crippen LogP contribution is -2.29. The Bertz CT molecular complexity index is 889. The Kier molecular flexibility index (Phi) is 5.10. The van der Waals surface area contributed by atoms with Crippen LogP contribution in [0.2, 0.25) is 0 Å². The molecule has 6 nitrogen and oxygen atoms in total. The smallest absolute Gasteiger partial charge is 0.168 e. The Labute approximate surface area is 160 Å². The second kappa shape index (κ2) is 7.65. The molecule has 1 aromatic carbocycles. The molecule has 0 aliphatic carbocycles. The molecule has 3 heterocycles. The van der Waals surface area contributed by atoms with Crippen molar-refractivity contribution in [1.29, 1.82) is 0 Å². The number of rotatable bonds is 4. The molecule has 0 amide bonds. The molecule has 1 saturated heterocycles. The topological polar surface area (TPSA) is 64.8 Å². The summed E-state index contributed by atoms with van der Waals surface area (Å²) < 4.78 is 2.73. The predicted octanol–water partition coefficient (Wildman–Crippen LogP) is 3.00. The Morgan fingerprint density at radius 2 is 1.92 bits per heavy atom. The van der Waals surface area contributed by atoms with Gasteiger partial charge in [-0.2, -0.15) is 0 Å². The third kappa shape index (κ3) is 3.56. The van der Waals surface area contributed by atoms with E-state index in [2.05, 4.69) is 43.6 Å². The maximum Gasteiger partial charge on any atom is 0.168 e. The number of benzene rings is 1. The van der Waals surface area contributed by atoms with E-state index in [1.54, 1.807) is 0 Å². The maximum atomic E-state index is 10.7. The lowest BCUT2D eigenvalue weighted by atomic mass is 10.3. The van der Waals surface area contributed by atoms with Gasteiger partial charge in [-0.1, -0.05) is 12.1 Å². The minimum Gasteiger partial charge on any atom is -0.368 e. The van der Waals surface area contributed by atoms with E-state index in [-0.39, 0.29) is 0 Å². The summed E-state index contributed by atoms with van der Waals surface area (Å²) >= 11 is 3.50. The number of halogens is 1. The van der Waals surface area contributed by atoms with Crippen LogP contribution in [0.4, 0.5) is 11.5 Å². The van der Waals surface area contributed by atoms with E-state index in [0.29, 0.717) is 5.69 Å². The van der Waals surface area contributed by atoms with Crippen molar-refractivity contribution < 1.29 is 5.11 Å². The minimum atomic E-state index is -0.857. The van der Waals surface area contributed by atoms with Crippen LogP contribution < -0.4 is 15.5 Å². The minimum absolute atomic E-state index is 0.713. The summed E-state index contributed by atoms with van der Waals surface area (Å²) in [5.41, 5.74) is 2.51. The SMILES string of the molecule is OC(Nc1ccccc1Br)c1ccc2ccc(N3CCCNCC3)nn12. The monoisotopic (exact) mass is 415 g/mol. The van der Waals surface area contributed by atoms with Gasteiger partial charge in [-0.3, -0.25) is 0 Å². The highest BCUT2D eigenvalue weighted by molar-refractivity contribution is 9.10. The first-order valence-corrected chi connectivity index (χ1v) is 9.65. The first-order chi connectivity index (χ1) is 12.7. The zero-order valence-electron chi connectivity index (χ0n) is 14.4. The lowest BCUT2D eigenvalue weighted by molar-refractivity contribution is 0.201. The molecule has 1 atom stereocenters. The van der Waals surface area contributed by atoms with Crippen LogP contribution in [-0.2, 0) is 0 Å². The van der Waals surface area contributed by atoms with E-state index in [9.17, 15) is 5.11 Å². The van der Waals surface area contributed by atoms with Crippen LogP contribution in [0.25, 0.3) is 5.52 Å². The van der Waals surface area contributed by atoms with E-state index < -0.39 is 6.23 Å². The summed E-state index contributed by atoms with van der Waals surface area (Å²) in [4.78, 5) is 2.29. The van der Waals surface area contributed by atoms with Crippen molar-refractivity contribution in [3.63, 3.8) is 0 Å². The normalized spacial score (nSPS) is 16.5. The van der Waals surface area contributed by atoms with E-state index >= 15 is 0 Å². The molecule has 1 aliphatic rings. The molecule has 7 heteroatoms. The molecule has 4 rings (SSSR count). The Morgan fingerprint density at radius 1 is 1.08 bits per heavy atom. The molecule has 0 spiro atoms. The van der Waals surface area contributed by atoms with Gasteiger partial charge in [0.15, 0.2) is 6.23 Å². The molecule has 1 fully saturated rings. The zero-order chi connectivity index (χ0) is 17.9. The molecular formula is C19H22BrN5O. The Balaban J connectivity index is 1.62. The summed E-state index contributed by atoms with van der Waals surface area (Å²) in [6.45, 7) is 3.93. The molecule has 136 valence electrons. The van der Waals surface area contributed by atoms with Gasteiger partial charge < -0.3 is 20.6 Å². The van der Waals surface area contributed by atoms with Gasteiger partial charge in [0.1, 0.15) is 5.82 Å². The van der Waals surface area contributed by atoms with Crippen molar-refractivity contribution in [3.8, 4) is 0 Å². The van der Waals surface area contributed by atoms with Crippen LogP contribution >= 0.6 is 15.9 Å². The maximum absolute atomic E-state index is 10.7. The van der Waals surface area contributed by atoms with Gasteiger partial charge in [0.25, 0.3) is 0 Å². The largest absolute Gasteiger partial charge is 0.368 e. The second-order valence-corrected chi connectivity index (χ2v) is 7.26. The van der Waals surface area contributed by atoms with Crippen LogP contribution in [0.1, 0.15) is 18.3 Å². The summed E-state index contributed by atoms with van der Waals surface area (Å²) in [5, 5.41) is 22.1. The van der Waals surface area contributed by atoms with E-state index in [1.807, 2.05) is 40.9 Å². The fourth-order valence-corrected chi connectivity index (χ4v) is 3.65. The Hall–Kier alpha value is -2.09. The van der Waals surface area contributed by atoms with E-state index in [1.165, 1.54) is 0 Å². The van der Waals surface area contributed by atoms with Crippen molar-refractivity contribution >= 4 is 33.0 Å². The van der Waals surface area contributed by atoms with Crippen molar-refractivity contribution in [2.75, 3.05) is 36.4 Å². The number of para-hydroxylation sites is 1. The summed E-state index contributed by atoms with van der Waals surface area (Å²) in [7, 11) is 0. The first-order valence-electron chi connectivity index (χ1n) is 8.86. The highest BCUT2D eigenvalue weighted by Gasteiger charge is 2.16. The number of aliphatic hydroxyl groups excluding tert-OH is 1. The fraction of sp³-hybridized carbons (Fsp3) is 0.316. The molecule has 0 radical (unpaired) electrons. The van der Waals surface area contributed by atoms with Crippen LogP contribution in [0.15, 0.2) is 53.0 Å². The number of hydrogen-bond donors (Lipinski definition) is 3. The third-order valence-corrected chi connectivity index (χ3v) is 5.32. The number of nitrogens with one attached hydrogen (secondary N) is 2. The number of aromatic nitrogens is 2. The molecular weight excluding hydrogens is 394 g/mol. The molecule has 1 aliphatic heterocycles. The second-order valence-electron chi connectivity index (χ2n) is 6.40. The molecule has 3 aromatic rings. The molecule has 3 N–H and O–H groups in total. The van der Waals surface area contributed by atoms with Gasteiger partial charge in [-0.15, -0.1) is 5.10 Å². The molecule has 0 saturated carbocycles. The standard InChI is InChI=1S/C19H22BrN5O/c20-15-4-1-2-5-16(15)22-19(26)17-8-6-14-7-9-18(23-25(14)17)24-12-3-10-21-11-13-24/h1-2,4-9,19,21-22,26H,3,10-13H2. The average Bonchev–Trinajstić information content (AvgIpc) is 2.88. The Morgan fingerprint density at radius 3 is 2.81 bits per heavy atom. The number of anilines is 2. The molecule has 1 unspecified atom stereocenters. The summed E-state index contributed by atoms with van der Waals surface area (Å²) in [5.74, 6) is 0.937. The van der Waals surface area contributed by atoms with Crippen LogP contribution in [0.3, 0.4) is 0 Å². The summed E-state index contributed by atoms with van der Waals surface area (Å²) in [6.07, 6.45) is 0.245. The number of fused-ring (bicyclic) bond motifs is 1. The van der Waals surface area contributed by atoms with Crippen LogP contribution in [0, 0.1) is 0 Å². The zero-order valence-corrected chi connectivity index (χ0v) is 16.0. The molecule has 26 heavy (non-hydrogen) atoms. The van der Waals surface area contributed by atoms with E-state index in [4.69, 9.17) is 5.10 Å². The molecule has 0 bridgehead atoms. The van der Waals surface area contributed by atoms with Gasteiger partial charge in [0.05, 0.1) is 16.9 Å². The number of aliphatic hydroxyl groups is 1. The number of hydrogen-bond acceptors (Lipinski definition) is 5. The average molecular weight is 416 g/mol. The van der Waals surface area contributed by atoms with Gasteiger partial charge in [0, 0.05) is 24.1 Å². The van der Waals surface area contributed by atoms with Gasteiger partial charge in [-0.25, -0.2) is 4.52 Å². The van der Waals surface area contributed by atoms with Gasteiger partial charge in [0.2, 0.25) is 0 Å². The lowest BCUT2D eigenvalue weighted by Gasteiger charge is -2.21. The quantitative estimate of drug-likeness (QED) is 0.571. The summed E-state index contributed by atoms with van der Waals surface area (Å²) in [6, 6.07) is 15.7. The van der Waals surface area contributed by atoms with Crippen LogP contribution in [-0.4, -0.2) is 40.9 Å². The van der Waals surface area contributed by atoms with E-state index in [0.717, 1.165) is 54.1 Å². The fourth-order valence-electron chi connectivity index (χ4n) is 3.25.